The van der Waals surface area contributed by atoms with Gasteiger partial charge in [-0.1, -0.05) is 6.92 Å². The van der Waals surface area contributed by atoms with E-state index < -0.39 is 11.5 Å². The van der Waals surface area contributed by atoms with E-state index in [-0.39, 0.29) is 29.6 Å². The van der Waals surface area contributed by atoms with Gasteiger partial charge >= 0.3 is 5.97 Å². The first-order chi connectivity index (χ1) is 11.3. The fourth-order valence-corrected chi connectivity index (χ4v) is 2.50. The molecule has 1 aromatic rings. The van der Waals surface area contributed by atoms with Crippen LogP contribution in [0.4, 0.5) is 0 Å². The fraction of sp³-hybridized carbons (Fsp3) is 0.375. The Morgan fingerprint density at radius 2 is 2.08 bits per heavy atom. The molecule has 8 heteroatoms. The molecule has 0 saturated heterocycles. The van der Waals surface area contributed by atoms with Gasteiger partial charge in [-0.3, -0.25) is 14.6 Å². The molecular weight excluding hydrogens is 312 g/mol. The molecule has 0 spiro atoms. The van der Waals surface area contributed by atoms with Crippen molar-refractivity contribution in [2.24, 2.45) is 4.99 Å². The lowest BCUT2D eigenvalue weighted by atomic mass is 9.90. The summed E-state index contributed by atoms with van der Waals surface area (Å²) in [5.74, 6) is -1.74. The van der Waals surface area contributed by atoms with Gasteiger partial charge < -0.3 is 20.3 Å². The normalized spacial score (nSPS) is 19.0. The molecular formula is C16H20N4O4. The molecule has 128 valence electrons. The van der Waals surface area contributed by atoms with E-state index in [1.807, 2.05) is 6.92 Å². The average molecular weight is 332 g/mol. The van der Waals surface area contributed by atoms with E-state index in [0.717, 1.165) is 0 Å². The van der Waals surface area contributed by atoms with Crippen molar-refractivity contribution < 1.29 is 19.5 Å². The van der Waals surface area contributed by atoms with Gasteiger partial charge in [0.15, 0.2) is 0 Å². The van der Waals surface area contributed by atoms with Crippen LogP contribution < -0.4 is 5.32 Å². The van der Waals surface area contributed by atoms with E-state index in [4.69, 9.17) is 0 Å². The minimum Gasteiger partial charge on any atom is -0.477 e. The number of likely N-dealkylation sites (N-methyl/N-ethyl adjacent to an activating group) is 1. The Kier molecular flexibility index (Phi) is 4.87. The summed E-state index contributed by atoms with van der Waals surface area (Å²) in [6.45, 7) is 1.87. The monoisotopic (exact) mass is 332 g/mol. The Hall–Kier alpha value is -2.90. The maximum Gasteiger partial charge on any atom is 0.352 e. The Bertz CT molecular complexity index is 732. The Balaban J connectivity index is 2.51. The quantitative estimate of drug-likeness (QED) is 0.717. The minimum absolute atomic E-state index is 0.0620. The maximum absolute atomic E-state index is 12.1. The lowest BCUT2D eigenvalue weighted by Crippen LogP contribution is -2.45. The number of aromatic amines is 1. The molecule has 0 bridgehead atoms. The highest BCUT2D eigenvalue weighted by Crippen LogP contribution is 2.31. The number of carbonyl (C=O) groups excluding carboxylic acids is 2. The van der Waals surface area contributed by atoms with Crippen LogP contribution >= 0.6 is 0 Å². The number of aliphatic imine (C=N–C) groups is 1. The van der Waals surface area contributed by atoms with Crippen molar-refractivity contribution in [2.75, 3.05) is 14.1 Å². The highest BCUT2D eigenvalue weighted by molar-refractivity contribution is 6.01. The zero-order valence-electron chi connectivity index (χ0n) is 13.8. The molecule has 24 heavy (non-hydrogen) atoms. The molecule has 1 aliphatic heterocycles. The van der Waals surface area contributed by atoms with Gasteiger partial charge in [-0.05, 0) is 18.6 Å². The molecule has 0 radical (unpaired) electrons. The number of aromatic nitrogens is 1. The third-order valence-electron chi connectivity index (χ3n) is 3.63. The summed E-state index contributed by atoms with van der Waals surface area (Å²) in [4.78, 5) is 43.8. The zero-order valence-corrected chi connectivity index (χ0v) is 13.8. The van der Waals surface area contributed by atoms with Gasteiger partial charge in [0.05, 0.1) is 0 Å². The molecule has 1 unspecified atom stereocenters. The predicted octanol–water partition coefficient (Wildman–Crippen LogP) is 0.881. The van der Waals surface area contributed by atoms with Crippen LogP contribution in [-0.4, -0.2) is 53.1 Å². The summed E-state index contributed by atoms with van der Waals surface area (Å²) < 4.78 is 0. The first-order valence-corrected chi connectivity index (χ1v) is 7.52. The Morgan fingerprint density at radius 1 is 1.38 bits per heavy atom. The number of hydrogen-bond acceptors (Lipinski definition) is 4. The minimum atomic E-state index is -1.26. The second-order valence-electron chi connectivity index (χ2n) is 5.73. The van der Waals surface area contributed by atoms with E-state index in [1.54, 1.807) is 20.2 Å². The summed E-state index contributed by atoms with van der Waals surface area (Å²) >= 11 is 0. The first-order valence-electron chi connectivity index (χ1n) is 7.52. The summed E-state index contributed by atoms with van der Waals surface area (Å²) in [5.41, 5.74) is -0.854. The molecule has 0 saturated carbocycles. The van der Waals surface area contributed by atoms with E-state index in [0.29, 0.717) is 12.0 Å². The molecule has 2 amide bonds. The van der Waals surface area contributed by atoms with Crippen LogP contribution in [0, 0.1) is 0 Å². The number of nitrogens with zero attached hydrogens (tertiary/aromatic N) is 2. The number of H-pyrrole nitrogens is 1. The molecule has 1 aliphatic rings. The van der Waals surface area contributed by atoms with Crippen LogP contribution in [-0.2, 0) is 15.1 Å². The topological polar surface area (TPSA) is 115 Å². The van der Waals surface area contributed by atoms with Crippen LogP contribution in [0.15, 0.2) is 29.0 Å². The van der Waals surface area contributed by atoms with Crippen LogP contribution in [0.1, 0.15) is 35.8 Å². The van der Waals surface area contributed by atoms with Gasteiger partial charge in [0.2, 0.25) is 5.91 Å². The smallest absolute Gasteiger partial charge is 0.352 e. The van der Waals surface area contributed by atoms with Crippen molar-refractivity contribution >= 4 is 24.0 Å². The number of hydrogen-bond donors (Lipinski definition) is 3. The fourth-order valence-electron chi connectivity index (χ4n) is 2.50. The van der Waals surface area contributed by atoms with Gasteiger partial charge in [0, 0.05) is 38.5 Å². The molecule has 0 aliphatic carbocycles. The van der Waals surface area contributed by atoms with Crippen LogP contribution in [0.3, 0.4) is 0 Å². The van der Waals surface area contributed by atoms with Crippen LogP contribution in [0.5, 0.6) is 0 Å². The summed E-state index contributed by atoms with van der Waals surface area (Å²) in [6.07, 6.45) is 5.28. The molecule has 1 aromatic heterocycles. The zero-order chi connectivity index (χ0) is 17.9. The number of amides is 2. The van der Waals surface area contributed by atoms with Crippen molar-refractivity contribution in [3.63, 3.8) is 0 Å². The van der Waals surface area contributed by atoms with E-state index in [1.165, 1.54) is 23.4 Å². The number of rotatable bonds is 6. The first kappa shape index (κ1) is 17.5. The third-order valence-corrected chi connectivity index (χ3v) is 3.63. The van der Waals surface area contributed by atoms with Gasteiger partial charge in [-0.25, -0.2) is 4.79 Å². The van der Waals surface area contributed by atoms with Crippen molar-refractivity contribution in [3.8, 4) is 0 Å². The van der Waals surface area contributed by atoms with E-state index in [2.05, 4.69) is 15.3 Å². The number of carboxylic acids is 1. The number of aromatic carboxylic acids is 1. The summed E-state index contributed by atoms with van der Waals surface area (Å²) in [6, 6.07) is 1.56. The molecule has 2 rings (SSSR count). The molecule has 1 atom stereocenters. The standard InChI is InChI=1S/C16H20N4O4/c1-4-5-12(21)19-16(10-6-7-17-13(10)15(23)24)8-11(18-9-16)14(22)20(2)3/h6-9,17H,4-5H2,1-3H3,(H,19,21)(H,23,24). The molecule has 0 aromatic carbocycles. The van der Waals surface area contributed by atoms with Crippen molar-refractivity contribution in [3.05, 3.63) is 35.3 Å². The summed E-state index contributed by atoms with van der Waals surface area (Å²) in [5, 5.41) is 12.1. The van der Waals surface area contributed by atoms with Crippen molar-refractivity contribution in [1.29, 1.82) is 0 Å². The highest BCUT2D eigenvalue weighted by atomic mass is 16.4. The summed E-state index contributed by atoms with van der Waals surface area (Å²) in [7, 11) is 3.18. The van der Waals surface area contributed by atoms with Gasteiger partial charge in [0.1, 0.15) is 16.9 Å². The highest BCUT2D eigenvalue weighted by Gasteiger charge is 2.39. The second-order valence-corrected chi connectivity index (χ2v) is 5.73. The molecule has 3 N–H and O–H groups in total. The molecule has 2 heterocycles. The van der Waals surface area contributed by atoms with Gasteiger partial charge in [-0.15, -0.1) is 0 Å². The number of carbonyl (C=O) groups is 3. The SMILES string of the molecule is CCCC(=O)NC1(c2cc[nH]c2C(=O)O)C=NC(C(=O)N(C)C)=C1. The van der Waals surface area contributed by atoms with Gasteiger partial charge in [0.25, 0.3) is 5.91 Å². The number of nitrogens with one attached hydrogen (secondary N) is 2. The van der Waals surface area contributed by atoms with Crippen LogP contribution in [0.25, 0.3) is 0 Å². The van der Waals surface area contributed by atoms with Crippen molar-refractivity contribution in [2.45, 2.75) is 25.3 Å². The molecule has 8 nitrogen and oxygen atoms in total. The number of carboxylic acid groups (broad SMARTS) is 1. The van der Waals surface area contributed by atoms with Crippen LogP contribution in [0.2, 0.25) is 0 Å². The van der Waals surface area contributed by atoms with E-state index in [9.17, 15) is 19.5 Å². The Morgan fingerprint density at radius 3 is 2.67 bits per heavy atom. The lowest BCUT2D eigenvalue weighted by molar-refractivity contribution is -0.125. The largest absolute Gasteiger partial charge is 0.477 e. The maximum atomic E-state index is 12.1. The lowest BCUT2D eigenvalue weighted by Gasteiger charge is -2.26. The van der Waals surface area contributed by atoms with Gasteiger partial charge in [-0.2, -0.15) is 0 Å². The average Bonchev–Trinajstić information content (AvgIpc) is 3.13. The Labute approximate surface area is 139 Å². The van der Waals surface area contributed by atoms with Crippen molar-refractivity contribution in [1.82, 2.24) is 15.2 Å². The second kappa shape index (κ2) is 6.69. The predicted molar refractivity (Wildman–Crippen MR) is 87.7 cm³/mol. The van der Waals surface area contributed by atoms with E-state index >= 15 is 0 Å². The molecule has 0 fully saturated rings. The third kappa shape index (κ3) is 3.22.